The van der Waals surface area contributed by atoms with Gasteiger partial charge < -0.3 is 9.72 Å². The molecule has 0 saturated carbocycles. The molecule has 134 valence electrons. The van der Waals surface area contributed by atoms with Gasteiger partial charge in [0, 0.05) is 0 Å². The Hall–Kier alpha value is -2.04. The van der Waals surface area contributed by atoms with Gasteiger partial charge in [0.15, 0.2) is 0 Å². The first-order chi connectivity index (χ1) is 12.9. The highest BCUT2D eigenvalue weighted by Gasteiger charge is 2.12. The van der Waals surface area contributed by atoms with E-state index in [2.05, 4.69) is 87.1 Å². The monoisotopic (exact) mass is 579 g/mol. The summed E-state index contributed by atoms with van der Waals surface area (Å²) in [5, 5.41) is 9.66. The zero-order chi connectivity index (χ0) is 19.6. The maximum atomic E-state index is 9.66. The predicted octanol–water partition coefficient (Wildman–Crippen LogP) is 5.47. The largest absolute Gasteiger partial charge is 0.479 e. The van der Waals surface area contributed by atoms with Gasteiger partial charge in [-0.05, 0) is 106 Å². The van der Waals surface area contributed by atoms with Gasteiger partial charge in [-0.25, -0.2) is 4.98 Å². The summed E-state index contributed by atoms with van der Waals surface area (Å²) in [4.78, 5) is 7.84. The Kier molecular flexibility index (Phi) is 6.08. The molecule has 1 heterocycles. The molecule has 4 nitrogen and oxygen atoms in total. The normalized spacial score (nSPS) is 11.3. The van der Waals surface area contributed by atoms with Crippen LogP contribution in [0.15, 0.2) is 24.3 Å². The molecule has 6 heteroatoms. The van der Waals surface area contributed by atoms with Crippen LogP contribution < -0.4 is 4.74 Å². The topological polar surface area (TPSA) is 61.7 Å². The van der Waals surface area contributed by atoms with E-state index in [-0.39, 0.29) is 6.61 Å². The lowest BCUT2D eigenvalue weighted by Gasteiger charge is -2.09. The van der Waals surface area contributed by atoms with E-state index in [1.165, 1.54) is 11.1 Å². The van der Waals surface area contributed by atoms with Crippen LogP contribution in [0.25, 0.3) is 22.7 Å². The lowest BCUT2D eigenvalue weighted by atomic mass is 10.1. The van der Waals surface area contributed by atoms with Gasteiger partial charge in [0.2, 0.25) is 0 Å². The molecule has 0 aliphatic rings. The average molecular weight is 579 g/mol. The lowest BCUT2D eigenvalue weighted by molar-refractivity contribution is 0.365. The first-order valence-electron chi connectivity index (χ1n) is 8.07. The number of benzene rings is 2. The van der Waals surface area contributed by atoms with Gasteiger partial charge in [0.25, 0.3) is 0 Å². The van der Waals surface area contributed by atoms with Crippen LogP contribution in [0, 0.1) is 44.7 Å². The third-order valence-corrected chi connectivity index (χ3v) is 5.71. The Balaban J connectivity index is 2.02. The minimum Gasteiger partial charge on any atom is -0.479 e. The van der Waals surface area contributed by atoms with Crippen LogP contribution in [0.3, 0.4) is 0 Å². The second-order valence-corrected chi connectivity index (χ2v) is 8.34. The molecule has 1 N–H and O–H groups in total. The van der Waals surface area contributed by atoms with Gasteiger partial charge in [-0.1, -0.05) is 5.92 Å². The first kappa shape index (κ1) is 19.7. The van der Waals surface area contributed by atoms with Gasteiger partial charge in [-0.2, -0.15) is 5.26 Å². The van der Waals surface area contributed by atoms with Crippen molar-refractivity contribution in [2.75, 3.05) is 6.61 Å². The fourth-order valence-electron chi connectivity index (χ4n) is 2.63. The minimum absolute atomic E-state index is 0.225. The van der Waals surface area contributed by atoms with E-state index in [4.69, 9.17) is 11.2 Å². The Morgan fingerprint density at radius 2 is 1.89 bits per heavy atom. The number of aromatic amines is 1. The highest BCUT2D eigenvalue weighted by atomic mass is 127. The fourth-order valence-corrected chi connectivity index (χ4v) is 4.76. The molecule has 0 fully saturated rings. The average Bonchev–Trinajstić information content (AvgIpc) is 3.02. The first-order valence-corrected chi connectivity index (χ1v) is 10.2. The molecule has 2 aromatic carbocycles. The zero-order valence-corrected chi connectivity index (χ0v) is 19.0. The van der Waals surface area contributed by atoms with Gasteiger partial charge in [-0.3, -0.25) is 0 Å². The van der Waals surface area contributed by atoms with Crippen LogP contribution >= 0.6 is 45.2 Å². The molecule has 0 aliphatic carbocycles. The predicted molar refractivity (Wildman–Crippen MR) is 125 cm³/mol. The van der Waals surface area contributed by atoms with Gasteiger partial charge >= 0.3 is 0 Å². The number of hydrogen-bond donors (Lipinski definition) is 1. The van der Waals surface area contributed by atoms with E-state index >= 15 is 0 Å². The van der Waals surface area contributed by atoms with Crippen molar-refractivity contribution in [2.24, 2.45) is 0 Å². The van der Waals surface area contributed by atoms with Crippen LogP contribution in [0.2, 0.25) is 0 Å². The summed E-state index contributed by atoms with van der Waals surface area (Å²) in [7, 11) is 0. The van der Waals surface area contributed by atoms with Crippen LogP contribution in [0.5, 0.6) is 5.75 Å². The van der Waals surface area contributed by atoms with E-state index < -0.39 is 0 Å². The summed E-state index contributed by atoms with van der Waals surface area (Å²) in [6, 6.07) is 10.3. The summed E-state index contributed by atoms with van der Waals surface area (Å²) < 4.78 is 7.47. The van der Waals surface area contributed by atoms with Gasteiger partial charge in [0.05, 0.1) is 23.7 Å². The Morgan fingerprint density at radius 1 is 1.22 bits per heavy atom. The van der Waals surface area contributed by atoms with Crippen molar-refractivity contribution in [1.29, 1.82) is 5.26 Å². The summed E-state index contributed by atoms with van der Waals surface area (Å²) in [6.45, 7) is 4.34. The molecule has 27 heavy (non-hydrogen) atoms. The number of imidazole rings is 1. The summed E-state index contributed by atoms with van der Waals surface area (Å²) in [6.07, 6.45) is 7.10. The molecular formula is C21H15I2N3O. The van der Waals surface area contributed by atoms with E-state index in [9.17, 15) is 5.26 Å². The zero-order valence-electron chi connectivity index (χ0n) is 14.7. The van der Waals surface area contributed by atoms with Crippen molar-refractivity contribution >= 4 is 67.9 Å². The molecule has 3 rings (SSSR count). The number of aryl methyl sites for hydroxylation is 2. The molecular weight excluding hydrogens is 564 g/mol. The summed E-state index contributed by atoms with van der Waals surface area (Å²) in [5.74, 6) is 3.80. The van der Waals surface area contributed by atoms with Crippen LogP contribution in [0.4, 0.5) is 0 Å². The number of hydrogen-bond acceptors (Lipinski definition) is 3. The Morgan fingerprint density at radius 3 is 2.52 bits per heavy atom. The number of fused-ring (bicyclic) bond motifs is 1. The summed E-state index contributed by atoms with van der Waals surface area (Å²) in [5.41, 5.74) is 5.53. The fraction of sp³-hybridized carbons (Fsp3) is 0.143. The van der Waals surface area contributed by atoms with Gasteiger partial charge in [0.1, 0.15) is 24.3 Å². The quantitative estimate of drug-likeness (QED) is 0.254. The third kappa shape index (κ3) is 4.28. The van der Waals surface area contributed by atoms with Crippen LogP contribution in [-0.4, -0.2) is 16.6 Å². The van der Waals surface area contributed by atoms with E-state index in [1.54, 1.807) is 0 Å². The molecule has 0 amide bonds. The molecule has 3 aromatic rings. The highest BCUT2D eigenvalue weighted by Crippen LogP contribution is 2.30. The molecule has 0 spiro atoms. The molecule has 1 aromatic heterocycles. The minimum atomic E-state index is 0.225. The maximum absolute atomic E-state index is 9.66. The van der Waals surface area contributed by atoms with Crippen molar-refractivity contribution in [3.63, 3.8) is 0 Å². The number of rotatable bonds is 4. The SMILES string of the molecule is C#CCOc1c(I)cc(/C=C(\C#N)c2nc3cc(C)c(C)cc3[nH]2)cc1I. The molecule has 0 saturated heterocycles. The number of nitriles is 1. The highest BCUT2D eigenvalue weighted by molar-refractivity contribution is 14.1. The molecule has 0 aliphatic heterocycles. The van der Waals surface area contributed by atoms with E-state index in [0.29, 0.717) is 11.4 Å². The number of allylic oxidation sites excluding steroid dienone is 1. The van der Waals surface area contributed by atoms with Crippen molar-refractivity contribution in [3.8, 4) is 24.2 Å². The van der Waals surface area contributed by atoms with Crippen molar-refractivity contribution in [2.45, 2.75) is 13.8 Å². The van der Waals surface area contributed by atoms with Crippen molar-refractivity contribution < 1.29 is 4.74 Å². The Labute approximate surface area is 185 Å². The number of nitrogens with zero attached hydrogens (tertiary/aromatic N) is 2. The second-order valence-electron chi connectivity index (χ2n) is 6.02. The number of ether oxygens (including phenoxy) is 1. The van der Waals surface area contributed by atoms with E-state index in [1.807, 2.05) is 24.3 Å². The third-order valence-electron chi connectivity index (χ3n) is 4.10. The van der Waals surface area contributed by atoms with Crippen LogP contribution in [-0.2, 0) is 0 Å². The number of H-pyrrole nitrogens is 1. The molecule has 0 atom stereocenters. The number of nitrogens with one attached hydrogen (secondary N) is 1. The summed E-state index contributed by atoms with van der Waals surface area (Å²) >= 11 is 4.42. The maximum Gasteiger partial charge on any atom is 0.149 e. The number of halogens is 2. The lowest BCUT2D eigenvalue weighted by Crippen LogP contribution is -1.98. The number of terminal acetylenes is 1. The van der Waals surface area contributed by atoms with Gasteiger partial charge in [-0.15, -0.1) is 6.42 Å². The standard InChI is InChI=1S/C21H15I2N3O/c1-4-5-27-20-16(22)9-14(10-17(20)23)8-15(11-24)21-25-18-6-12(2)13(3)7-19(18)26-21/h1,6-10H,5H2,2-3H3,(H,25,26)/b15-8+. The van der Waals surface area contributed by atoms with Crippen LogP contribution in [0.1, 0.15) is 22.5 Å². The second kappa shape index (κ2) is 8.32. The smallest absolute Gasteiger partial charge is 0.149 e. The Bertz CT molecular complexity index is 1080. The van der Waals surface area contributed by atoms with Crippen molar-refractivity contribution in [3.05, 3.63) is 53.9 Å². The van der Waals surface area contributed by atoms with Crippen molar-refractivity contribution in [1.82, 2.24) is 9.97 Å². The number of aromatic nitrogens is 2. The van der Waals surface area contributed by atoms with E-state index in [0.717, 1.165) is 29.5 Å². The molecule has 0 unspecified atom stereocenters. The molecule has 0 bridgehead atoms. The molecule has 0 radical (unpaired) electrons.